The summed E-state index contributed by atoms with van der Waals surface area (Å²) in [6.07, 6.45) is 3.82. The molecular formula is C13H12N2O3. The van der Waals surface area contributed by atoms with E-state index in [1.165, 1.54) is 12.1 Å². The summed E-state index contributed by atoms with van der Waals surface area (Å²) in [7, 11) is 1.85. The van der Waals surface area contributed by atoms with E-state index in [-0.39, 0.29) is 17.9 Å². The topological polar surface area (TPSA) is 65.1 Å². The van der Waals surface area contributed by atoms with Gasteiger partial charge in [0.25, 0.3) is 5.69 Å². The minimum absolute atomic E-state index is 0.00412. The first kappa shape index (κ1) is 12.0. The van der Waals surface area contributed by atoms with Crippen molar-refractivity contribution >= 4 is 11.5 Å². The molecule has 0 spiro atoms. The summed E-state index contributed by atoms with van der Waals surface area (Å²) in [6.45, 7) is 0. The Kier molecular flexibility index (Phi) is 3.23. The van der Waals surface area contributed by atoms with Crippen LogP contribution < -0.4 is 0 Å². The highest BCUT2D eigenvalue weighted by molar-refractivity contribution is 5.97. The van der Waals surface area contributed by atoms with E-state index in [1.807, 2.05) is 17.8 Å². The molecule has 0 aliphatic carbocycles. The van der Waals surface area contributed by atoms with Crippen molar-refractivity contribution in [2.45, 2.75) is 6.42 Å². The monoisotopic (exact) mass is 244 g/mol. The Hall–Kier alpha value is -2.43. The summed E-state index contributed by atoms with van der Waals surface area (Å²) in [4.78, 5) is 21.9. The summed E-state index contributed by atoms with van der Waals surface area (Å²) in [5.41, 5.74) is 1.45. The van der Waals surface area contributed by atoms with Crippen molar-refractivity contribution < 1.29 is 9.72 Å². The van der Waals surface area contributed by atoms with Crippen molar-refractivity contribution in [2.75, 3.05) is 0 Å². The van der Waals surface area contributed by atoms with Crippen LogP contribution in [-0.4, -0.2) is 15.3 Å². The molecule has 5 nitrogen and oxygen atoms in total. The maximum atomic E-state index is 11.9. The molecule has 0 atom stereocenters. The number of benzene rings is 1. The number of aryl methyl sites for hydroxylation is 1. The molecule has 0 bridgehead atoms. The zero-order valence-corrected chi connectivity index (χ0v) is 9.87. The number of ketones is 1. The molecule has 2 aromatic rings. The molecule has 0 saturated heterocycles. The molecule has 1 aromatic heterocycles. The average molecular weight is 244 g/mol. The van der Waals surface area contributed by atoms with Crippen LogP contribution in [0, 0.1) is 10.1 Å². The normalized spacial score (nSPS) is 10.3. The van der Waals surface area contributed by atoms with Crippen molar-refractivity contribution in [1.82, 2.24) is 4.57 Å². The van der Waals surface area contributed by atoms with Gasteiger partial charge in [-0.25, -0.2) is 0 Å². The molecule has 0 radical (unpaired) electrons. The average Bonchev–Trinajstić information content (AvgIpc) is 2.76. The van der Waals surface area contributed by atoms with Crippen molar-refractivity contribution in [1.29, 1.82) is 0 Å². The van der Waals surface area contributed by atoms with Crippen LogP contribution in [-0.2, 0) is 13.5 Å². The van der Waals surface area contributed by atoms with Crippen molar-refractivity contribution in [3.8, 4) is 0 Å². The molecule has 92 valence electrons. The van der Waals surface area contributed by atoms with E-state index in [9.17, 15) is 14.9 Å². The molecule has 0 amide bonds. The number of non-ortho nitro benzene ring substituents is 1. The van der Waals surface area contributed by atoms with Gasteiger partial charge < -0.3 is 4.57 Å². The Balaban J connectivity index is 2.10. The first-order valence-corrected chi connectivity index (χ1v) is 5.45. The van der Waals surface area contributed by atoms with Crippen molar-refractivity contribution in [2.24, 2.45) is 7.05 Å². The third-order valence-electron chi connectivity index (χ3n) is 2.67. The highest BCUT2D eigenvalue weighted by Gasteiger charge is 2.09. The van der Waals surface area contributed by atoms with Crippen LogP contribution in [0.4, 0.5) is 5.69 Å². The largest absolute Gasteiger partial charge is 0.357 e. The molecule has 18 heavy (non-hydrogen) atoms. The van der Waals surface area contributed by atoms with E-state index in [0.717, 1.165) is 5.56 Å². The Labute approximate surface area is 104 Å². The zero-order valence-electron chi connectivity index (χ0n) is 9.87. The predicted octanol–water partition coefficient (Wildman–Crippen LogP) is 2.36. The van der Waals surface area contributed by atoms with Gasteiger partial charge in [-0.15, -0.1) is 0 Å². The highest BCUT2D eigenvalue weighted by Crippen LogP contribution is 2.14. The van der Waals surface area contributed by atoms with Gasteiger partial charge in [-0.05, 0) is 11.6 Å². The van der Waals surface area contributed by atoms with Crippen LogP contribution in [0.2, 0.25) is 0 Å². The molecular weight excluding hydrogens is 232 g/mol. The lowest BCUT2D eigenvalue weighted by molar-refractivity contribution is -0.384. The fourth-order valence-electron chi connectivity index (χ4n) is 1.69. The summed E-state index contributed by atoms with van der Waals surface area (Å²) in [5, 5.41) is 10.5. The molecule has 1 heterocycles. The van der Waals surface area contributed by atoms with E-state index < -0.39 is 4.92 Å². The first-order valence-electron chi connectivity index (χ1n) is 5.45. The van der Waals surface area contributed by atoms with E-state index in [2.05, 4.69) is 0 Å². The Morgan fingerprint density at radius 1 is 1.28 bits per heavy atom. The highest BCUT2D eigenvalue weighted by atomic mass is 16.6. The Bertz CT molecular complexity index is 585. The minimum Gasteiger partial charge on any atom is -0.357 e. The Morgan fingerprint density at radius 2 is 1.94 bits per heavy atom. The molecule has 0 aliphatic heterocycles. The van der Waals surface area contributed by atoms with Gasteiger partial charge in [-0.1, -0.05) is 12.1 Å². The van der Waals surface area contributed by atoms with Gasteiger partial charge in [-0.3, -0.25) is 14.9 Å². The smallest absolute Gasteiger partial charge is 0.269 e. The van der Waals surface area contributed by atoms with Crippen LogP contribution in [0.1, 0.15) is 15.9 Å². The third kappa shape index (κ3) is 2.63. The minimum atomic E-state index is -0.456. The molecule has 5 heteroatoms. The molecule has 2 rings (SSSR count). The predicted molar refractivity (Wildman–Crippen MR) is 66.5 cm³/mol. The SMILES string of the molecule is Cn1ccc(C(=O)Cc2ccc([N+](=O)[O-])cc2)c1. The molecule has 0 aliphatic rings. The second-order valence-electron chi connectivity index (χ2n) is 4.09. The fraction of sp³-hybridized carbons (Fsp3) is 0.154. The number of hydrogen-bond acceptors (Lipinski definition) is 3. The number of carbonyl (C=O) groups is 1. The molecule has 0 saturated carbocycles. The standard InChI is InChI=1S/C13H12N2O3/c1-14-7-6-11(9-14)13(16)8-10-2-4-12(5-3-10)15(17)18/h2-7,9H,8H2,1H3. The van der Waals surface area contributed by atoms with E-state index >= 15 is 0 Å². The second kappa shape index (κ2) is 4.83. The number of carbonyl (C=O) groups excluding carboxylic acids is 1. The van der Waals surface area contributed by atoms with Gasteiger partial charge in [0.2, 0.25) is 0 Å². The van der Waals surface area contributed by atoms with Gasteiger partial charge in [0.15, 0.2) is 5.78 Å². The quantitative estimate of drug-likeness (QED) is 0.471. The van der Waals surface area contributed by atoms with E-state index in [1.54, 1.807) is 24.4 Å². The maximum Gasteiger partial charge on any atom is 0.269 e. The third-order valence-corrected chi connectivity index (χ3v) is 2.67. The summed E-state index contributed by atoms with van der Waals surface area (Å²) >= 11 is 0. The van der Waals surface area contributed by atoms with Gasteiger partial charge in [0.05, 0.1) is 4.92 Å². The molecule has 0 fully saturated rings. The maximum absolute atomic E-state index is 11.9. The van der Waals surface area contributed by atoms with E-state index in [4.69, 9.17) is 0 Å². The number of hydrogen-bond donors (Lipinski definition) is 0. The first-order chi connectivity index (χ1) is 8.56. The number of nitro groups is 1. The summed E-state index contributed by atoms with van der Waals surface area (Å²) in [6, 6.07) is 7.80. The molecule has 0 unspecified atom stereocenters. The summed E-state index contributed by atoms with van der Waals surface area (Å²) in [5.74, 6) is 0.00412. The van der Waals surface area contributed by atoms with Crippen LogP contribution in [0.5, 0.6) is 0 Å². The van der Waals surface area contributed by atoms with Crippen LogP contribution in [0.15, 0.2) is 42.7 Å². The van der Waals surface area contributed by atoms with Crippen molar-refractivity contribution in [3.05, 3.63) is 64.0 Å². The fourth-order valence-corrected chi connectivity index (χ4v) is 1.69. The Morgan fingerprint density at radius 3 is 2.44 bits per heavy atom. The van der Waals surface area contributed by atoms with Gasteiger partial charge in [0, 0.05) is 43.6 Å². The molecule has 1 aromatic carbocycles. The number of Topliss-reactive ketones (excluding diaryl/α,β-unsaturated/α-hetero) is 1. The lowest BCUT2D eigenvalue weighted by Gasteiger charge is -1.99. The van der Waals surface area contributed by atoms with Gasteiger partial charge in [-0.2, -0.15) is 0 Å². The van der Waals surface area contributed by atoms with Crippen LogP contribution >= 0.6 is 0 Å². The number of rotatable bonds is 4. The zero-order chi connectivity index (χ0) is 13.1. The lowest BCUT2D eigenvalue weighted by Crippen LogP contribution is -2.02. The van der Waals surface area contributed by atoms with Crippen LogP contribution in [0.25, 0.3) is 0 Å². The summed E-state index contributed by atoms with van der Waals surface area (Å²) < 4.78 is 1.81. The molecule has 0 N–H and O–H groups in total. The van der Waals surface area contributed by atoms with Crippen molar-refractivity contribution in [3.63, 3.8) is 0 Å². The number of aromatic nitrogens is 1. The van der Waals surface area contributed by atoms with Gasteiger partial charge >= 0.3 is 0 Å². The second-order valence-corrected chi connectivity index (χ2v) is 4.09. The number of nitro benzene ring substituents is 1. The van der Waals surface area contributed by atoms with Gasteiger partial charge in [0.1, 0.15) is 0 Å². The number of nitrogens with zero attached hydrogens (tertiary/aromatic N) is 2. The van der Waals surface area contributed by atoms with Crippen LogP contribution in [0.3, 0.4) is 0 Å². The van der Waals surface area contributed by atoms with E-state index in [0.29, 0.717) is 5.56 Å². The lowest BCUT2D eigenvalue weighted by atomic mass is 10.1.